The summed E-state index contributed by atoms with van der Waals surface area (Å²) < 4.78 is 0.536. The summed E-state index contributed by atoms with van der Waals surface area (Å²) >= 11 is 16.2. The SMILES string of the molecule is CCc1nnc(NC(=O)CSc2nnc(N3C(N)=C(C#N)C(c4ccc(Cl)c(Cl)c4)C4=C3CCCC4=O)s2)s1. The highest BCUT2D eigenvalue weighted by Gasteiger charge is 2.41. The van der Waals surface area contributed by atoms with Gasteiger partial charge in [-0.15, -0.1) is 20.4 Å². The Morgan fingerprint density at radius 1 is 1.23 bits per heavy atom. The van der Waals surface area contributed by atoms with Crippen molar-refractivity contribution in [2.45, 2.75) is 42.9 Å². The number of nitrogens with one attached hydrogen (secondary N) is 1. The Balaban J connectivity index is 1.42. The fourth-order valence-corrected chi connectivity index (χ4v) is 7.09. The van der Waals surface area contributed by atoms with Crippen LogP contribution in [0.25, 0.3) is 0 Å². The van der Waals surface area contributed by atoms with E-state index in [0.717, 1.165) is 11.4 Å². The number of rotatable bonds is 7. The summed E-state index contributed by atoms with van der Waals surface area (Å²) in [6.45, 7) is 1.97. The molecule has 0 radical (unpaired) electrons. The first-order valence-electron chi connectivity index (χ1n) is 11.8. The highest BCUT2D eigenvalue weighted by molar-refractivity contribution is 8.01. The molecule has 1 aromatic carbocycles. The van der Waals surface area contributed by atoms with Crippen molar-refractivity contribution in [3.05, 3.63) is 61.5 Å². The fraction of sp³-hybridized carbons (Fsp3) is 0.292. The van der Waals surface area contributed by atoms with Crippen molar-refractivity contribution in [3.8, 4) is 6.07 Å². The van der Waals surface area contributed by atoms with Gasteiger partial charge in [0.25, 0.3) is 0 Å². The number of benzene rings is 1. The van der Waals surface area contributed by atoms with Crippen molar-refractivity contribution in [1.29, 1.82) is 5.26 Å². The van der Waals surface area contributed by atoms with E-state index in [1.54, 1.807) is 23.1 Å². The average molecular weight is 620 g/mol. The van der Waals surface area contributed by atoms with Crippen molar-refractivity contribution >= 4 is 79.6 Å². The maximum absolute atomic E-state index is 13.3. The number of thioether (sulfide) groups is 1. The topological polar surface area (TPSA) is 151 Å². The molecule has 1 aliphatic heterocycles. The number of anilines is 2. The van der Waals surface area contributed by atoms with Crippen molar-refractivity contribution in [2.24, 2.45) is 5.73 Å². The van der Waals surface area contributed by atoms with Crippen LogP contribution < -0.4 is 16.0 Å². The van der Waals surface area contributed by atoms with Crippen LogP contribution in [0.3, 0.4) is 0 Å². The molecule has 15 heteroatoms. The van der Waals surface area contributed by atoms with Crippen molar-refractivity contribution in [3.63, 3.8) is 0 Å². The second-order valence-corrected chi connectivity index (χ2v) is 12.6. The molecule has 1 amide bonds. The zero-order chi connectivity index (χ0) is 27.7. The van der Waals surface area contributed by atoms with Gasteiger partial charge in [0.15, 0.2) is 10.1 Å². The maximum Gasteiger partial charge on any atom is 0.236 e. The molecule has 0 spiro atoms. The Hall–Kier alpha value is -3.02. The van der Waals surface area contributed by atoms with E-state index in [-0.39, 0.29) is 28.8 Å². The summed E-state index contributed by atoms with van der Waals surface area (Å²) in [6, 6.07) is 7.26. The molecule has 39 heavy (non-hydrogen) atoms. The molecule has 0 fully saturated rings. The zero-order valence-electron chi connectivity index (χ0n) is 20.4. The first kappa shape index (κ1) is 27.5. The third kappa shape index (κ3) is 5.53. The van der Waals surface area contributed by atoms with Gasteiger partial charge >= 0.3 is 0 Å². The smallest absolute Gasteiger partial charge is 0.236 e. The zero-order valence-corrected chi connectivity index (χ0v) is 24.4. The summed E-state index contributed by atoms with van der Waals surface area (Å²) in [5.41, 5.74) is 8.64. The minimum absolute atomic E-state index is 0.0590. The second-order valence-electron chi connectivity index (χ2n) is 8.53. The molecule has 1 aliphatic carbocycles. The van der Waals surface area contributed by atoms with E-state index >= 15 is 0 Å². The van der Waals surface area contributed by atoms with Gasteiger partial charge in [-0.1, -0.05) is 70.6 Å². The van der Waals surface area contributed by atoms with Crippen LogP contribution in [-0.4, -0.2) is 37.8 Å². The number of allylic oxidation sites excluding steroid dienone is 3. The molecule has 0 bridgehead atoms. The van der Waals surface area contributed by atoms with E-state index in [0.29, 0.717) is 60.7 Å². The van der Waals surface area contributed by atoms with Crippen molar-refractivity contribution < 1.29 is 9.59 Å². The van der Waals surface area contributed by atoms with Crippen LogP contribution in [0.4, 0.5) is 10.3 Å². The predicted octanol–water partition coefficient (Wildman–Crippen LogP) is 5.29. The fourth-order valence-electron chi connectivity index (χ4n) is 4.41. The quantitative estimate of drug-likeness (QED) is 0.334. The summed E-state index contributed by atoms with van der Waals surface area (Å²) in [5, 5.41) is 31.7. The number of ketones is 1. The Kier molecular flexibility index (Phi) is 8.20. The molecule has 200 valence electrons. The lowest BCUT2D eigenvalue weighted by atomic mass is 9.76. The first-order chi connectivity index (χ1) is 18.8. The van der Waals surface area contributed by atoms with Crippen LogP contribution in [0.5, 0.6) is 0 Å². The molecule has 10 nitrogen and oxygen atoms in total. The molecular weight excluding hydrogens is 599 g/mol. The van der Waals surface area contributed by atoms with Crippen LogP contribution in [0, 0.1) is 11.3 Å². The minimum atomic E-state index is -0.664. The number of hydrogen-bond donors (Lipinski definition) is 2. The van der Waals surface area contributed by atoms with Gasteiger partial charge < -0.3 is 5.73 Å². The van der Waals surface area contributed by atoms with Gasteiger partial charge in [-0.3, -0.25) is 19.8 Å². The normalized spacial score (nSPS) is 17.3. The van der Waals surface area contributed by atoms with E-state index < -0.39 is 5.92 Å². The summed E-state index contributed by atoms with van der Waals surface area (Å²) in [6.07, 6.45) is 2.33. The Bertz CT molecular complexity index is 1570. The van der Waals surface area contributed by atoms with Crippen molar-refractivity contribution in [1.82, 2.24) is 20.4 Å². The third-order valence-corrected chi connectivity index (χ3v) is 9.88. The molecule has 2 aliphatic rings. The number of Topliss-reactive ketones (excluding diaryl/α,β-unsaturated/α-hetero) is 1. The Morgan fingerprint density at radius 2 is 2.05 bits per heavy atom. The van der Waals surface area contributed by atoms with Crippen LogP contribution in [0.15, 0.2) is 45.2 Å². The van der Waals surface area contributed by atoms with E-state index in [4.69, 9.17) is 28.9 Å². The lowest BCUT2D eigenvalue weighted by Gasteiger charge is -2.38. The third-order valence-electron chi connectivity index (χ3n) is 6.12. The molecule has 3 aromatic rings. The van der Waals surface area contributed by atoms with E-state index in [9.17, 15) is 14.9 Å². The first-order valence-corrected chi connectivity index (χ1v) is 15.2. The number of halogens is 2. The summed E-state index contributed by atoms with van der Waals surface area (Å²) in [4.78, 5) is 27.3. The predicted molar refractivity (Wildman–Crippen MR) is 153 cm³/mol. The Morgan fingerprint density at radius 3 is 2.77 bits per heavy atom. The number of carbonyl (C=O) groups is 2. The van der Waals surface area contributed by atoms with Gasteiger partial charge in [0.2, 0.25) is 16.2 Å². The van der Waals surface area contributed by atoms with Gasteiger partial charge in [0.1, 0.15) is 10.8 Å². The van der Waals surface area contributed by atoms with Gasteiger partial charge in [-0.05, 0) is 37.0 Å². The van der Waals surface area contributed by atoms with Gasteiger partial charge in [-0.2, -0.15) is 5.26 Å². The molecular formula is C24H20Cl2N8O2S3. The van der Waals surface area contributed by atoms with Crippen LogP contribution >= 0.6 is 57.6 Å². The van der Waals surface area contributed by atoms with Crippen molar-refractivity contribution in [2.75, 3.05) is 16.0 Å². The number of aryl methyl sites for hydroxylation is 1. The average Bonchev–Trinajstić information content (AvgIpc) is 3.58. The van der Waals surface area contributed by atoms with E-state index in [1.165, 1.54) is 34.4 Å². The van der Waals surface area contributed by atoms with E-state index in [2.05, 4.69) is 31.8 Å². The van der Waals surface area contributed by atoms with Gasteiger partial charge in [0, 0.05) is 17.7 Å². The lowest BCUT2D eigenvalue weighted by Crippen LogP contribution is -2.38. The second kappa shape index (κ2) is 11.6. The minimum Gasteiger partial charge on any atom is -0.384 e. The summed E-state index contributed by atoms with van der Waals surface area (Å²) in [5.74, 6) is -0.697. The highest BCUT2D eigenvalue weighted by atomic mass is 35.5. The molecule has 3 N–H and O–H groups in total. The Labute approximate surface area is 245 Å². The van der Waals surface area contributed by atoms with Crippen LogP contribution in [0.1, 0.15) is 42.7 Å². The van der Waals surface area contributed by atoms with Gasteiger partial charge in [0.05, 0.1) is 33.4 Å². The molecule has 0 saturated carbocycles. The standard InChI is InChI=1S/C24H20Cl2N8O2S3/c1-2-18-30-31-22(38-18)29-17(36)10-37-24-33-32-23(39-24)34-15-4-3-5-16(35)20(15)19(12(9-27)21(34)28)11-6-7-13(25)14(26)8-11/h6-8,19H,2-5,10,28H2,1H3,(H,29,31,36). The molecule has 2 aromatic heterocycles. The van der Waals surface area contributed by atoms with Crippen LogP contribution in [0.2, 0.25) is 10.0 Å². The molecule has 0 saturated heterocycles. The van der Waals surface area contributed by atoms with Gasteiger partial charge in [-0.25, -0.2) is 0 Å². The monoisotopic (exact) mass is 618 g/mol. The number of hydrogen-bond acceptors (Lipinski definition) is 12. The number of nitriles is 1. The molecule has 1 atom stereocenters. The number of nitrogens with two attached hydrogens (primary N) is 1. The number of amides is 1. The highest BCUT2D eigenvalue weighted by Crippen LogP contribution is 2.47. The largest absolute Gasteiger partial charge is 0.384 e. The lowest BCUT2D eigenvalue weighted by molar-refractivity contribution is -0.116. The number of carbonyl (C=O) groups excluding carboxylic acids is 2. The molecule has 3 heterocycles. The molecule has 1 unspecified atom stereocenters. The van der Waals surface area contributed by atoms with E-state index in [1.807, 2.05) is 6.92 Å². The number of aromatic nitrogens is 4. The maximum atomic E-state index is 13.3. The molecule has 5 rings (SSSR count). The van der Waals surface area contributed by atoms with Crippen LogP contribution in [-0.2, 0) is 16.0 Å². The number of nitrogens with zero attached hydrogens (tertiary/aromatic N) is 6. The summed E-state index contributed by atoms with van der Waals surface area (Å²) in [7, 11) is 0.